The molecule has 1 aromatic rings. The highest BCUT2D eigenvalue weighted by Gasteiger charge is 2.43. The maximum Gasteiger partial charge on any atom is 0.338 e. The second-order valence-electron chi connectivity index (χ2n) is 6.16. The molecule has 1 aromatic carbocycles. The SMILES string of the molecule is O=C(OC1CS(=O)(=O)CC1N1CCOCC1)c1ccc(Cl)c([N+](=O)[O-])c1. The van der Waals surface area contributed by atoms with Gasteiger partial charge < -0.3 is 9.47 Å². The fraction of sp³-hybridized carbons (Fsp3) is 0.533. The molecule has 0 N–H and O–H groups in total. The first-order valence-electron chi connectivity index (χ1n) is 7.94. The fourth-order valence-corrected chi connectivity index (χ4v) is 5.20. The van der Waals surface area contributed by atoms with Gasteiger partial charge in [0.1, 0.15) is 11.1 Å². The lowest BCUT2D eigenvalue weighted by Gasteiger charge is -2.34. The molecule has 11 heteroatoms. The first-order valence-corrected chi connectivity index (χ1v) is 10.1. The number of esters is 1. The number of morpholine rings is 1. The number of sulfone groups is 1. The lowest BCUT2D eigenvalue weighted by Crippen LogP contribution is -2.49. The summed E-state index contributed by atoms with van der Waals surface area (Å²) in [7, 11) is -3.34. The van der Waals surface area contributed by atoms with Crippen LogP contribution in [0.15, 0.2) is 18.2 Å². The topological polar surface area (TPSA) is 116 Å². The highest BCUT2D eigenvalue weighted by Crippen LogP contribution is 2.27. The van der Waals surface area contributed by atoms with Crippen LogP contribution in [0.4, 0.5) is 5.69 Å². The maximum absolute atomic E-state index is 12.4. The van der Waals surface area contributed by atoms with E-state index in [0.29, 0.717) is 26.3 Å². The zero-order chi connectivity index (χ0) is 18.9. The molecule has 2 unspecified atom stereocenters. The van der Waals surface area contributed by atoms with E-state index in [9.17, 15) is 23.3 Å². The van der Waals surface area contributed by atoms with Crippen LogP contribution in [-0.4, -0.2) is 74.2 Å². The third-order valence-corrected chi connectivity index (χ3v) is 6.43. The van der Waals surface area contributed by atoms with Crippen molar-refractivity contribution in [1.82, 2.24) is 4.90 Å². The van der Waals surface area contributed by atoms with Gasteiger partial charge in [-0.2, -0.15) is 0 Å². The molecular weight excluding hydrogens is 388 g/mol. The second-order valence-corrected chi connectivity index (χ2v) is 8.72. The van der Waals surface area contributed by atoms with Gasteiger partial charge in [-0.15, -0.1) is 0 Å². The van der Waals surface area contributed by atoms with Crippen LogP contribution in [0.25, 0.3) is 0 Å². The minimum atomic E-state index is -3.34. The van der Waals surface area contributed by atoms with Crippen molar-refractivity contribution in [3.05, 3.63) is 38.9 Å². The highest BCUT2D eigenvalue weighted by molar-refractivity contribution is 7.91. The molecule has 0 radical (unpaired) electrons. The number of hydrogen-bond acceptors (Lipinski definition) is 8. The van der Waals surface area contributed by atoms with Crippen molar-refractivity contribution in [3.8, 4) is 0 Å². The number of benzene rings is 1. The molecule has 0 amide bonds. The van der Waals surface area contributed by atoms with Crippen LogP contribution in [0.2, 0.25) is 5.02 Å². The molecule has 2 fully saturated rings. The molecule has 2 atom stereocenters. The number of nitrogens with zero attached hydrogens (tertiary/aromatic N) is 2. The number of ether oxygens (including phenoxy) is 2. The number of halogens is 1. The van der Waals surface area contributed by atoms with E-state index >= 15 is 0 Å². The summed E-state index contributed by atoms with van der Waals surface area (Å²) in [6.07, 6.45) is -0.833. The molecule has 2 aliphatic rings. The van der Waals surface area contributed by atoms with Gasteiger partial charge in [-0.1, -0.05) is 11.6 Å². The van der Waals surface area contributed by atoms with Crippen LogP contribution in [0.3, 0.4) is 0 Å². The summed E-state index contributed by atoms with van der Waals surface area (Å²) >= 11 is 5.74. The Kier molecular flexibility index (Phi) is 5.47. The number of hydrogen-bond donors (Lipinski definition) is 0. The van der Waals surface area contributed by atoms with Crippen LogP contribution in [0, 0.1) is 10.1 Å². The number of nitro benzene ring substituents is 1. The number of rotatable bonds is 4. The molecular formula is C15H17ClN2O7S. The first-order chi connectivity index (χ1) is 12.3. The Morgan fingerprint density at radius 1 is 1.31 bits per heavy atom. The highest BCUT2D eigenvalue weighted by atomic mass is 35.5. The molecule has 0 saturated carbocycles. The van der Waals surface area contributed by atoms with E-state index in [0.717, 1.165) is 6.07 Å². The van der Waals surface area contributed by atoms with Gasteiger partial charge in [-0.3, -0.25) is 15.0 Å². The van der Waals surface area contributed by atoms with Crippen molar-refractivity contribution in [3.63, 3.8) is 0 Å². The van der Waals surface area contributed by atoms with E-state index in [2.05, 4.69) is 0 Å². The summed E-state index contributed by atoms with van der Waals surface area (Å²) < 4.78 is 34.8. The van der Waals surface area contributed by atoms with E-state index in [1.807, 2.05) is 4.90 Å². The predicted octanol–water partition coefficient (Wildman–Crippen LogP) is 0.903. The van der Waals surface area contributed by atoms with Crippen molar-refractivity contribution < 1.29 is 27.6 Å². The van der Waals surface area contributed by atoms with E-state index < -0.39 is 38.6 Å². The first kappa shape index (κ1) is 19.0. The van der Waals surface area contributed by atoms with Crippen LogP contribution in [-0.2, 0) is 19.3 Å². The average Bonchev–Trinajstić information content (AvgIpc) is 2.90. The number of carbonyl (C=O) groups is 1. The smallest absolute Gasteiger partial charge is 0.338 e. The zero-order valence-electron chi connectivity index (χ0n) is 13.7. The third-order valence-electron chi connectivity index (χ3n) is 4.42. The zero-order valence-corrected chi connectivity index (χ0v) is 15.2. The molecule has 3 rings (SSSR count). The normalized spacial score (nSPS) is 25.7. The van der Waals surface area contributed by atoms with Crippen molar-refractivity contribution in [2.75, 3.05) is 37.8 Å². The van der Waals surface area contributed by atoms with E-state index in [-0.39, 0.29) is 22.1 Å². The molecule has 0 spiro atoms. The lowest BCUT2D eigenvalue weighted by molar-refractivity contribution is -0.384. The molecule has 2 saturated heterocycles. The molecule has 26 heavy (non-hydrogen) atoms. The van der Waals surface area contributed by atoms with Gasteiger partial charge in [0, 0.05) is 19.2 Å². The average molecular weight is 405 g/mol. The van der Waals surface area contributed by atoms with E-state index in [4.69, 9.17) is 21.1 Å². The fourth-order valence-electron chi connectivity index (χ4n) is 3.14. The van der Waals surface area contributed by atoms with Crippen molar-refractivity contribution in [2.24, 2.45) is 0 Å². The minimum absolute atomic E-state index is 0.0499. The van der Waals surface area contributed by atoms with Crippen molar-refractivity contribution >= 4 is 33.1 Å². The standard InChI is InChI=1S/C15H17ClN2O7S/c16-11-2-1-10(7-12(11)18(20)21)15(19)25-14-9-26(22,23)8-13(14)17-3-5-24-6-4-17/h1-2,7,13-14H,3-6,8-9H2. The number of carbonyl (C=O) groups excluding carboxylic acids is 1. The van der Waals surface area contributed by atoms with Gasteiger partial charge in [-0.25, -0.2) is 13.2 Å². The van der Waals surface area contributed by atoms with Gasteiger partial charge >= 0.3 is 5.97 Å². The summed E-state index contributed by atoms with van der Waals surface area (Å²) in [6, 6.07) is 3.12. The minimum Gasteiger partial charge on any atom is -0.456 e. The predicted molar refractivity (Wildman–Crippen MR) is 92.1 cm³/mol. The van der Waals surface area contributed by atoms with Crippen molar-refractivity contribution in [2.45, 2.75) is 12.1 Å². The van der Waals surface area contributed by atoms with E-state index in [1.54, 1.807) is 0 Å². The Morgan fingerprint density at radius 2 is 2.00 bits per heavy atom. The van der Waals surface area contributed by atoms with Crippen LogP contribution >= 0.6 is 11.6 Å². The summed E-state index contributed by atoms with van der Waals surface area (Å²) in [5, 5.41) is 10.9. The maximum atomic E-state index is 12.4. The lowest BCUT2D eigenvalue weighted by atomic mass is 10.1. The second kappa shape index (κ2) is 7.47. The summed E-state index contributed by atoms with van der Waals surface area (Å²) in [4.78, 5) is 24.6. The largest absolute Gasteiger partial charge is 0.456 e. The summed E-state index contributed by atoms with van der Waals surface area (Å²) in [5.41, 5.74) is -0.462. The summed E-state index contributed by atoms with van der Waals surface area (Å²) in [6.45, 7) is 2.09. The van der Waals surface area contributed by atoms with Gasteiger partial charge in [-0.05, 0) is 12.1 Å². The summed E-state index contributed by atoms with van der Waals surface area (Å²) in [5.74, 6) is -1.17. The van der Waals surface area contributed by atoms with Crippen LogP contribution < -0.4 is 0 Å². The molecule has 2 heterocycles. The Hall–Kier alpha value is -1.75. The Bertz CT molecular complexity index is 823. The van der Waals surface area contributed by atoms with Crippen LogP contribution in [0.5, 0.6) is 0 Å². The van der Waals surface area contributed by atoms with Gasteiger partial charge in [0.25, 0.3) is 5.69 Å². The monoisotopic (exact) mass is 404 g/mol. The molecule has 142 valence electrons. The molecule has 0 aromatic heterocycles. The van der Waals surface area contributed by atoms with Gasteiger partial charge in [0.05, 0.1) is 41.2 Å². The quantitative estimate of drug-likeness (QED) is 0.413. The Morgan fingerprint density at radius 3 is 2.65 bits per heavy atom. The van der Waals surface area contributed by atoms with Gasteiger partial charge in [0.2, 0.25) is 0 Å². The molecule has 0 aliphatic carbocycles. The van der Waals surface area contributed by atoms with Crippen LogP contribution in [0.1, 0.15) is 10.4 Å². The molecule has 0 bridgehead atoms. The molecule has 2 aliphatic heterocycles. The Labute approximate surface area is 154 Å². The van der Waals surface area contributed by atoms with Gasteiger partial charge in [0.15, 0.2) is 9.84 Å². The Balaban J connectivity index is 1.78. The number of nitro groups is 1. The third kappa shape index (κ3) is 4.14. The van der Waals surface area contributed by atoms with E-state index in [1.165, 1.54) is 12.1 Å². The molecule has 9 nitrogen and oxygen atoms in total. The van der Waals surface area contributed by atoms with Crippen molar-refractivity contribution in [1.29, 1.82) is 0 Å².